The number of anilines is 1. The molecule has 1 unspecified atom stereocenters. The van der Waals surface area contributed by atoms with Gasteiger partial charge in [0.2, 0.25) is 5.78 Å². The Morgan fingerprint density at radius 2 is 1.86 bits per heavy atom. The van der Waals surface area contributed by atoms with Crippen LogP contribution >= 0.6 is 22.7 Å². The van der Waals surface area contributed by atoms with Crippen LogP contribution < -0.4 is 9.64 Å². The molecule has 2 aromatic carbocycles. The number of amides is 1. The molecule has 1 atom stereocenters. The van der Waals surface area contributed by atoms with Crippen molar-refractivity contribution in [1.82, 2.24) is 9.97 Å². The highest BCUT2D eigenvalue weighted by atomic mass is 32.1. The van der Waals surface area contributed by atoms with Crippen LogP contribution in [0.2, 0.25) is 0 Å². The number of carbonyl (C=O) groups is 2. The van der Waals surface area contributed by atoms with E-state index in [1.54, 1.807) is 39.2 Å². The van der Waals surface area contributed by atoms with Gasteiger partial charge in [0, 0.05) is 12.1 Å². The Bertz CT molecular complexity index is 1590. The molecular formula is C24H18N4O6S2. The second kappa shape index (κ2) is 8.81. The second-order valence-corrected chi connectivity index (χ2v) is 10.2. The number of ether oxygens (including phenoxy) is 1. The number of ketones is 1. The lowest BCUT2D eigenvalue weighted by molar-refractivity contribution is -0.384. The lowest BCUT2D eigenvalue weighted by atomic mass is 9.95. The summed E-state index contributed by atoms with van der Waals surface area (Å²) in [7, 11) is 1.54. The van der Waals surface area contributed by atoms with E-state index in [2.05, 4.69) is 9.97 Å². The average Bonchev–Trinajstić information content (AvgIpc) is 3.51. The molecule has 2 aromatic heterocycles. The molecule has 12 heteroatoms. The number of carbonyl (C=O) groups excluding carboxylic acids is 2. The average molecular weight is 523 g/mol. The molecule has 0 saturated carbocycles. The van der Waals surface area contributed by atoms with Crippen LogP contribution in [0.25, 0.3) is 10.2 Å². The Labute approximate surface area is 212 Å². The highest BCUT2D eigenvalue weighted by Gasteiger charge is 2.46. The maximum Gasteiger partial charge on any atom is 0.296 e. The second-order valence-electron chi connectivity index (χ2n) is 8.00. The van der Waals surface area contributed by atoms with Gasteiger partial charge in [0.05, 0.1) is 49.4 Å². The molecule has 0 fully saturated rings. The summed E-state index contributed by atoms with van der Waals surface area (Å²) < 4.78 is 6.02. The van der Waals surface area contributed by atoms with Crippen molar-refractivity contribution in [1.29, 1.82) is 0 Å². The molecule has 0 spiro atoms. The van der Waals surface area contributed by atoms with E-state index >= 15 is 0 Å². The van der Waals surface area contributed by atoms with Crippen LogP contribution in [0.1, 0.15) is 32.0 Å². The van der Waals surface area contributed by atoms with Gasteiger partial charge in [-0.3, -0.25) is 24.6 Å². The molecule has 1 amide bonds. The third kappa shape index (κ3) is 3.80. The van der Waals surface area contributed by atoms with Crippen molar-refractivity contribution in [2.24, 2.45) is 0 Å². The molecule has 36 heavy (non-hydrogen) atoms. The standard InChI is InChI=1S/C24H18N4O6S2/c1-11-22(35-12(2)25-11)20(29)18-19(13-4-6-14(7-5-13)28(32)33)27(23(31)21(18)30)24-26-16-9-8-15(34-3)10-17(16)36-24/h4-10,19,30H,1-3H3. The molecule has 5 rings (SSSR count). The number of hydrogen-bond acceptors (Lipinski definition) is 10. The van der Waals surface area contributed by atoms with Gasteiger partial charge in [-0.1, -0.05) is 11.3 Å². The summed E-state index contributed by atoms with van der Waals surface area (Å²) in [4.78, 5) is 48.1. The number of methoxy groups -OCH3 is 1. The number of aryl methyl sites for hydroxylation is 2. The third-order valence-corrected chi connectivity index (χ3v) is 7.86. The monoisotopic (exact) mass is 522 g/mol. The first-order valence-corrected chi connectivity index (χ1v) is 12.3. The van der Waals surface area contributed by atoms with Crippen LogP contribution in [0, 0.1) is 24.0 Å². The maximum absolute atomic E-state index is 13.7. The number of Topliss-reactive ketones (excluding diaryl/α,β-unsaturated/α-hetero) is 1. The van der Waals surface area contributed by atoms with E-state index < -0.39 is 28.4 Å². The van der Waals surface area contributed by atoms with E-state index in [0.29, 0.717) is 32.4 Å². The molecule has 1 N–H and O–H groups in total. The molecule has 0 aliphatic carbocycles. The smallest absolute Gasteiger partial charge is 0.296 e. The Morgan fingerprint density at radius 1 is 1.14 bits per heavy atom. The molecule has 3 heterocycles. The van der Waals surface area contributed by atoms with Crippen molar-refractivity contribution in [3.05, 3.63) is 85.1 Å². The zero-order valence-corrected chi connectivity index (χ0v) is 20.8. The lowest BCUT2D eigenvalue weighted by Crippen LogP contribution is -2.31. The first-order valence-electron chi connectivity index (χ1n) is 10.6. The molecule has 0 bridgehead atoms. The van der Waals surface area contributed by atoms with Crippen LogP contribution in [0.4, 0.5) is 10.8 Å². The van der Waals surface area contributed by atoms with Crippen molar-refractivity contribution < 1.29 is 24.4 Å². The van der Waals surface area contributed by atoms with Gasteiger partial charge >= 0.3 is 0 Å². The molecule has 0 radical (unpaired) electrons. The quantitative estimate of drug-likeness (QED) is 0.211. The number of aromatic nitrogens is 2. The summed E-state index contributed by atoms with van der Waals surface area (Å²) in [5, 5.41) is 23.1. The fourth-order valence-electron chi connectivity index (χ4n) is 4.12. The minimum absolute atomic E-state index is 0.127. The molecule has 1 aliphatic rings. The zero-order valence-electron chi connectivity index (χ0n) is 19.2. The van der Waals surface area contributed by atoms with Crippen LogP contribution in [-0.4, -0.2) is 38.8 Å². The fourth-order valence-corrected chi connectivity index (χ4v) is 6.01. The first kappa shape index (κ1) is 23.6. The van der Waals surface area contributed by atoms with Crippen LogP contribution in [0.5, 0.6) is 5.75 Å². The number of rotatable bonds is 6. The molecule has 10 nitrogen and oxygen atoms in total. The number of thiazole rings is 2. The predicted molar refractivity (Wildman–Crippen MR) is 135 cm³/mol. The third-order valence-electron chi connectivity index (χ3n) is 5.77. The lowest BCUT2D eigenvalue weighted by Gasteiger charge is -2.24. The number of aliphatic hydroxyl groups is 1. The molecule has 4 aromatic rings. The first-order chi connectivity index (χ1) is 17.2. The molecule has 182 valence electrons. The van der Waals surface area contributed by atoms with E-state index in [-0.39, 0.29) is 16.4 Å². The Kier molecular flexibility index (Phi) is 5.77. The van der Waals surface area contributed by atoms with Crippen molar-refractivity contribution in [3.63, 3.8) is 0 Å². The van der Waals surface area contributed by atoms with Crippen LogP contribution in [0.3, 0.4) is 0 Å². The van der Waals surface area contributed by atoms with Gasteiger partial charge in [0.1, 0.15) is 5.75 Å². The summed E-state index contributed by atoms with van der Waals surface area (Å²) in [6.07, 6.45) is 0. The number of nitrogens with zero attached hydrogens (tertiary/aromatic N) is 4. The van der Waals surface area contributed by atoms with Crippen LogP contribution in [0.15, 0.2) is 53.8 Å². The van der Waals surface area contributed by atoms with Gasteiger partial charge in [-0.05, 0) is 49.7 Å². The van der Waals surface area contributed by atoms with E-state index in [1.807, 2.05) is 0 Å². The summed E-state index contributed by atoms with van der Waals surface area (Å²) in [5.41, 5.74) is 1.24. The minimum atomic E-state index is -1.05. The molecule has 0 saturated heterocycles. The summed E-state index contributed by atoms with van der Waals surface area (Å²) in [6, 6.07) is 9.74. The Balaban J connectivity index is 1.67. The highest BCUT2D eigenvalue weighted by molar-refractivity contribution is 7.22. The SMILES string of the molecule is COc1ccc2nc(N3C(=O)C(O)=C(C(=O)c4sc(C)nc4C)C3c3ccc([N+](=O)[O-])cc3)sc2c1. The number of benzene rings is 2. The van der Waals surface area contributed by atoms with Gasteiger partial charge in [-0.15, -0.1) is 11.3 Å². The minimum Gasteiger partial charge on any atom is -0.503 e. The van der Waals surface area contributed by atoms with E-state index in [0.717, 1.165) is 4.70 Å². The molecular weight excluding hydrogens is 504 g/mol. The zero-order chi connectivity index (χ0) is 25.7. The van der Waals surface area contributed by atoms with Gasteiger partial charge < -0.3 is 9.84 Å². The number of hydrogen-bond donors (Lipinski definition) is 1. The van der Waals surface area contributed by atoms with Crippen molar-refractivity contribution in [2.45, 2.75) is 19.9 Å². The van der Waals surface area contributed by atoms with Crippen molar-refractivity contribution in [3.8, 4) is 5.75 Å². The van der Waals surface area contributed by atoms with Gasteiger partial charge in [0.15, 0.2) is 10.9 Å². The Morgan fingerprint density at radius 3 is 2.47 bits per heavy atom. The molecule has 1 aliphatic heterocycles. The Hall–Kier alpha value is -4.16. The highest BCUT2D eigenvalue weighted by Crippen LogP contribution is 2.45. The summed E-state index contributed by atoms with van der Waals surface area (Å²) in [5.74, 6) is -1.39. The van der Waals surface area contributed by atoms with Crippen LogP contribution in [-0.2, 0) is 4.79 Å². The van der Waals surface area contributed by atoms with E-state index in [9.17, 15) is 24.8 Å². The van der Waals surface area contributed by atoms with Gasteiger partial charge in [0.25, 0.3) is 11.6 Å². The van der Waals surface area contributed by atoms with Crippen molar-refractivity contribution in [2.75, 3.05) is 12.0 Å². The van der Waals surface area contributed by atoms with Gasteiger partial charge in [-0.2, -0.15) is 0 Å². The number of fused-ring (bicyclic) bond motifs is 1. The number of nitro benzene ring substituents is 1. The number of nitro groups is 1. The number of aliphatic hydroxyl groups excluding tert-OH is 1. The fraction of sp³-hybridized carbons (Fsp3) is 0.167. The summed E-state index contributed by atoms with van der Waals surface area (Å²) >= 11 is 2.37. The van der Waals surface area contributed by atoms with E-state index in [1.165, 1.54) is 51.8 Å². The maximum atomic E-state index is 13.7. The largest absolute Gasteiger partial charge is 0.503 e. The van der Waals surface area contributed by atoms with E-state index in [4.69, 9.17) is 4.74 Å². The topological polar surface area (TPSA) is 136 Å². The van der Waals surface area contributed by atoms with Crippen molar-refractivity contribution >= 4 is 55.4 Å². The normalized spacial score (nSPS) is 15.7. The summed E-state index contributed by atoms with van der Waals surface area (Å²) in [6.45, 7) is 3.45. The predicted octanol–water partition coefficient (Wildman–Crippen LogP) is 5.07. The number of non-ortho nitro benzene ring substituents is 1. The van der Waals surface area contributed by atoms with Gasteiger partial charge in [-0.25, -0.2) is 9.97 Å².